The first kappa shape index (κ1) is 15.4. The fraction of sp³-hybridized carbons (Fsp3) is 0.250. The van der Waals surface area contributed by atoms with Gasteiger partial charge in [-0.1, -0.05) is 0 Å². The molecule has 0 aromatic heterocycles. The van der Waals surface area contributed by atoms with Crippen LogP contribution < -0.4 is 12.1 Å². The van der Waals surface area contributed by atoms with Crippen LogP contribution in [0.15, 0.2) is 36.4 Å². The van der Waals surface area contributed by atoms with E-state index in [1.807, 2.05) is 0 Å². The van der Waals surface area contributed by atoms with Crippen molar-refractivity contribution < 1.29 is 0 Å². The first-order chi connectivity index (χ1) is 9.45. The van der Waals surface area contributed by atoms with Gasteiger partial charge in [0.15, 0.2) is 0 Å². The molecule has 0 N–H and O–H groups in total. The first-order valence-electron chi connectivity index (χ1n) is 6.66. The molecule has 2 aromatic rings. The molecule has 0 unspecified atom stereocenters. The Morgan fingerprint density at radius 2 is 1.35 bits per heavy atom. The van der Waals surface area contributed by atoms with Gasteiger partial charge >= 0.3 is 146 Å². The van der Waals surface area contributed by atoms with Gasteiger partial charge in [-0.2, -0.15) is 0 Å². The van der Waals surface area contributed by atoms with E-state index in [1.165, 1.54) is 22.5 Å². The van der Waals surface area contributed by atoms with Gasteiger partial charge in [-0.3, -0.25) is 0 Å². The molecule has 0 atom stereocenters. The molecule has 0 aliphatic carbocycles. The number of benzene rings is 2. The van der Waals surface area contributed by atoms with Crippen LogP contribution in [0.25, 0.3) is 0 Å². The van der Waals surface area contributed by atoms with Gasteiger partial charge < -0.3 is 0 Å². The molecule has 4 heteroatoms. The molecule has 1 aliphatic rings. The fourth-order valence-electron chi connectivity index (χ4n) is 2.69. The maximum absolute atomic E-state index is 2.78. The van der Waals surface area contributed by atoms with Crippen LogP contribution in [0.5, 0.6) is 0 Å². The van der Waals surface area contributed by atoms with Crippen molar-refractivity contribution in [2.45, 2.75) is 20.8 Å². The van der Waals surface area contributed by atoms with Crippen LogP contribution >= 0.6 is 37.4 Å². The Kier molecular flexibility index (Phi) is 4.31. The quantitative estimate of drug-likeness (QED) is 0.349. The summed E-state index contributed by atoms with van der Waals surface area (Å²) < 4.78 is 3.21. The van der Waals surface area contributed by atoms with Gasteiger partial charge in [0.25, 0.3) is 0 Å². The number of rotatable bonds is 1. The van der Waals surface area contributed by atoms with E-state index in [0.717, 1.165) is 6.54 Å². The van der Waals surface area contributed by atoms with Crippen molar-refractivity contribution in [3.8, 4) is 0 Å². The molecular weight excluding hydrogens is 588 g/mol. The number of halogens is 2. The van der Waals surface area contributed by atoms with Crippen LogP contribution in [0, 0.1) is 13.8 Å². The number of hydrogen-bond donors (Lipinski definition) is 0. The normalized spacial score (nSPS) is 17.4. The van der Waals surface area contributed by atoms with E-state index in [4.69, 9.17) is 0 Å². The van der Waals surface area contributed by atoms with Gasteiger partial charge in [-0.05, 0) is 0 Å². The first-order valence-corrected chi connectivity index (χ1v) is 22.6. The predicted molar refractivity (Wildman–Crippen MR) is 108 cm³/mol. The van der Waals surface area contributed by atoms with Gasteiger partial charge in [-0.25, -0.2) is 0 Å². The van der Waals surface area contributed by atoms with Crippen LogP contribution in [0.3, 0.4) is 0 Å². The van der Waals surface area contributed by atoms with Gasteiger partial charge in [0.2, 0.25) is 0 Å². The Hall–Kier alpha value is 0.490. The maximum atomic E-state index is 2.78. The van der Waals surface area contributed by atoms with Crippen molar-refractivity contribution in [2.75, 3.05) is 11.4 Å². The van der Waals surface area contributed by atoms with Crippen molar-refractivity contribution in [1.29, 1.82) is 0 Å². The van der Waals surface area contributed by atoms with Crippen molar-refractivity contribution in [1.82, 2.24) is 0 Å². The molecule has 0 saturated carbocycles. The summed E-state index contributed by atoms with van der Waals surface area (Å²) in [5.41, 5.74) is 5.61. The molecule has 0 spiro atoms. The van der Waals surface area contributed by atoms with Crippen molar-refractivity contribution in [3.63, 3.8) is 0 Å². The third-order valence-electron chi connectivity index (χ3n) is 3.68. The van der Waals surface area contributed by atoms with Crippen molar-refractivity contribution in [2.24, 2.45) is 0 Å². The average molecular weight is 605 g/mol. The Labute approximate surface area is 144 Å². The molecule has 0 saturated heterocycles. The van der Waals surface area contributed by atoms with E-state index < -0.39 is 10.3 Å². The minimum absolute atomic E-state index is 1.03. The number of aryl methyl sites for hydroxylation is 2. The molecule has 0 amide bonds. The summed E-state index contributed by atoms with van der Waals surface area (Å²) in [7, 11) is -2.26. The van der Waals surface area contributed by atoms with E-state index in [-0.39, 0.29) is 0 Å². The monoisotopic (exact) mass is 607 g/mol. The van der Waals surface area contributed by atoms with E-state index in [0.29, 0.717) is 0 Å². The third-order valence-corrected chi connectivity index (χ3v) is 21.4. The van der Waals surface area contributed by atoms with Crippen LogP contribution in [-0.4, -0.2) is 16.8 Å². The molecule has 0 fully saturated rings. The fourth-order valence-corrected chi connectivity index (χ4v) is 17.3. The second kappa shape index (κ2) is 5.60. The van der Waals surface area contributed by atoms with E-state index in [9.17, 15) is 0 Å². The number of fused-ring (bicyclic) bond motifs is 2. The summed E-state index contributed by atoms with van der Waals surface area (Å²) in [5.74, 6) is 0. The molecule has 0 radical (unpaired) electrons. The Morgan fingerprint density at radius 1 is 0.900 bits per heavy atom. The van der Waals surface area contributed by atoms with Gasteiger partial charge in [0.05, 0.1) is 0 Å². The molecule has 1 aliphatic heterocycles. The standard InChI is InChI=1S/C16H17I2NTe/c1-4-19-13-7-5-11(2)9-15(13)20(17,18)16-10-12(3)6-8-14(16)19/h5-10H,4H2,1-3H3. The Morgan fingerprint density at radius 3 is 1.75 bits per heavy atom. The number of hydrogen-bond acceptors (Lipinski definition) is 1. The summed E-state index contributed by atoms with van der Waals surface area (Å²) in [5, 5.41) is 0. The van der Waals surface area contributed by atoms with Crippen LogP contribution in [0.4, 0.5) is 11.4 Å². The molecule has 1 nitrogen and oxygen atoms in total. The second-order valence-electron chi connectivity index (χ2n) is 5.16. The zero-order valence-corrected chi connectivity index (χ0v) is 18.4. The molecule has 0 bridgehead atoms. The van der Waals surface area contributed by atoms with Gasteiger partial charge in [-0.15, -0.1) is 0 Å². The number of anilines is 2. The van der Waals surface area contributed by atoms with Crippen LogP contribution in [0.2, 0.25) is 0 Å². The molecule has 106 valence electrons. The van der Waals surface area contributed by atoms with Crippen molar-refractivity contribution >= 4 is 66.3 Å². The zero-order chi connectivity index (χ0) is 14.5. The van der Waals surface area contributed by atoms with E-state index in [2.05, 4.69) is 99.5 Å². The summed E-state index contributed by atoms with van der Waals surface area (Å²) in [4.78, 5) is 2.48. The molecule has 20 heavy (non-hydrogen) atoms. The summed E-state index contributed by atoms with van der Waals surface area (Å²) >= 11 is 5.57. The molecule has 3 rings (SSSR count). The van der Waals surface area contributed by atoms with E-state index in [1.54, 1.807) is 7.22 Å². The Bertz CT molecular complexity index is 627. The van der Waals surface area contributed by atoms with E-state index >= 15 is 0 Å². The third kappa shape index (κ3) is 2.41. The van der Waals surface area contributed by atoms with Crippen molar-refractivity contribution in [3.05, 3.63) is 47.5 Å². The second-order valence-corrected chi connectivity index (χ2v) is 39.4. The molecule has 1 heterocycles. The summed E-state index contributed by atoms with van der Waals surface area (Å²) in [6.45, 7) is 7.68. The number of nitrogens with zero attached hydrogens (tertiary/aromatic N) is 1. The summed E-state index contributed by atoms with van der Waals surface area (Å²) in [6.07, 6.45) is 0. The minimum atomic E-state index is -2.26. The zero-order valence-electron chi connectivity index (χ0n) is 11.8. The van der Waals surface area contributed by atoms with Crippen LogP contribution in [0.1, 0.15) is 18.1 Å². The summed E-state index contributed by atoms with van der Waals surface area (Å²) in [6, 6.07) is 14.0. The van der Waals surface area contributed by atoms with Gasteiger partial charge in [0.1, 0.15) is 0 Å². The SMILES string of the molecule is CCN1c2ccc(C)cc2[Te](I)(I)c2cc(C)ccc21. The van der Waals surface area contributed by atoms with Crippen LogP contribution in [-0.2, 0) is 0 Å². The molecule has 2 aromatic carbocycles. The predicted octanol–water partition coefficient (Wildman–Crippen LogP) is 4.20. The average Bonchev–Trinajstić information content (AvgIpc) is 2.41. The Balaban J connectivity index is 2.33. The van der Waals surface area contributed by atoms with Gasteiger partial charge in [0, 0.05) is 0 Å². The topological polar surface area (TPSA) is 3.24 Å². The molecular formula is C16H17I2NTe.